The minimum atomic E-state index is -0.796. The predicted molar refractivity (Wildman–Crippen MR) is 73.6 cm³/mol. The molecule has 2 rings (SSSR count). The summed E-state index contributed by atoms with van der Waals surface area (Å²) in [6, 6.07) is 0. The molecular formula is C13H20N2O3S. The van der Waals surface area contributed by atoms with E-state index in [-0.39, 0.29) is 18.1 Å². The maximum absolute atomic E-state index is 10.8. The lowest BCUT2D eigenvalue weighted by Gasteiger charge is -2.30. The van der Waals surface area contributed by atoms with E-state index in [1.54, 1.807) is 11.3 Å². The summed E-state index contributed by atoms with van der Waals surface area (Å²) in [5, 5.41) is 11.8. The number of hydrogen-bond donors (Lipinski definition) is 1. The van der Waals surface area contributed by atoms with Crippen LogP contribution in [-0.4, -0.2) is 47.2 Å². The molecule has 1 aliphatic heterocycles. The van der Waals surface area contributed by atoms with Crippen LogP contribution in [0.1, 0.15) is 37.6 Å². The van der Waals surface area contributed by atoms with Crippen LogP contribution in [0.15, 0.2) is 5.38 Å². The van der Waals surface area contributed by atoms with E-state index < -0.39 is 5.97 Å². The first kappa shape index (κ1) is 14.4. The Kier molecular flexibility index (Phi) is 4.23. The number of carboxylic acids is 1. The standard InChI is InChI=1S/C13H20N2O3S/c1-13(2,3)10-8-19-12(14-10)9-6-15(4-5-18-9)7-11(16)17/h8-9H,4-7H2,1-3H3,(H,16,17)/t9-/m0/s1. The number of hydrogen-bond acceptors (Lipinski definition) is 5. The fraction of sp³-hybridized carbons (Fsp3) is 0.692. The Balaban J connectivity index is 2.05. The van der Waals surface area contributed by atoms with Crippen molar-refractivity contribution in [3.8, 4) is 0 Å². The van der Waals surface area contributed by atoms with Gasteiger partial charge in [0.2, 0.25) is 0 Å². The second kappa shape index (κ2) is 5.56. The first-order valence-electron chi connectivity index (χ1n) is 6.38. The number of rotatable bonds is 3. The number of carbonyl (C=O) groups is 1. The van der Waals surface area contributed by atoms with Crippen molar-refractivity contribution in [1.82, 2.24) is 9.88 Å². The van der Waals surface area contributed by atoms with Gasteiger partial charge in [-0.2, -0.15) is 0 Å². The third-order valence-corrected chi connectivity index (χ3v) is 4.01. The predicted octanol–water partition coefficient (Wildman–Crippen LogP) is 1.90. The fourth-order valence-corrected chi connectivity index (χ4v) is 3.05. The zero-order valence-corrected chi connectivity index (χ0v) is 12.4. The number of ether oxygens (including phenoxy) is 1. The highest BCUT2D eigenvalue weighted by molar-refractivity contribution is 7.09. The van der Waals surface area contributed by atoms with Crippen molar-refractivity contribution in [2.24, 2.45) is 0 Å². The number of morpholine rings is 1. The van der Waals surface area contributed by atoms with Gasteiger partial charge >= 0.3 is 5.97 Å². The lowest BCUT2D eigenvalue weighted by atomic mass is 9.93. The fourth-order valence-electron chi connectivity index (χ4n) is 1.97. The zero-order valence-electron chi connectivity index (χ0n) is 11.5. The summed E-state index contributed by atoms with van der Waals surface area (Å²) in [4.78, 5) is 17.3. The molecule has 0 aliphatic carbocycles. The van der Waals surface area contributed by atoms with Gasteiger partial charge in [-0.15, -0.1) is 11.3 Å². The van der Waals surface area contributed by atoms with Crippen molar-refractivity contribution in [3.63, 3.8) is 0 Å². The highest BCUT2D eigenvalue weighted by atomic mass is 32.1. The second-order valence-electron chi connectivity index (χ2n) is 5.81. The Morgan fingerprint density at radius 2 is 2.37 bits per heavy atom. The topological polar surface area (TPSA) is 62.7 Å². The summed E-state index contributed by atoms with van der Waals surface area (Å²) in [5.74, 6) is -0.796. The Labute approximate surface area is 117 Å². The summed E-state index contributed by atoms with van der Waals surface area (Å²) in [5.41, 5.74) is 1.09. The van der Waals surface area contributed by atoms with Crippen LogP contribution in [0, 0.1) is 0 Å². The summed E-state index contributed by atoms with van der Waals surface area (Å²) in [7, 11) is 0. The van der Waals surface area contributed by atoms with Gasteiger partial charge in [0.25, 0.3) is 0 Å². The molecule has 1 N–H and O–H groups in total. The third kappa shape index (κ3) is 3.75. The monoisotopic (exact) mass is 284 g/mol. The lowest BCUT2D eigenvalue weighted by Crippen LogP contribution is -2.41. The quantitative estimate of drug-likeness (QED) is 0.918. The zero-order chi connectivity index (χ0) is 14.0. The molecule has 1 aromatic rings. The molecule has 0 saturated carbocycles. The molecule has 0 radical (unpaired) electrons. The molecule has 1 fully saturated rings. The van der Waals surface area contributed by atoms with Gasteiger partial charge in [0.15, 0.2) is 0 Å². The Hall–Kier alpha value is -0.980. The maximum atomic E-state index is 10.8. The van der Waals surface area contributed by atoms with Crippen LogP contribution in [-0.2, 0) is 14.9 Å². The van der Waals surface area contributed by atoms with Gasteiger partial charge in [-0.05, 0) is 0 Å². The van der Waals surface area contributed by atoms with Crippen molar-refractivity contribution in [2.75, 3.05) is 26.2 Å². The van der Waals surface area contributed by atoms with Crippen molar-refractivity contribution in [1.29, 1.82) is 0 Å². The number of aromatic nitrogens is 1. The molecule has 0 bridgehead atoms. The Morgan fingerprint density at radius 3 is 2.95 bits per heavy atom. The lowest BCUT2D eigenvalue weighted by molar-refractivity contribution is -0.140. The van der Waals surface area contributed by atoms with E-state index in [1.807, 2.05) is 4.90 Å². The average Bonchev–Trinajstić information content (AvgIpc) is 2.77. The number of aliphatic carboxylic acids is 1. The minimum absolute atomic E-state index is 0.0319. The van der Waals surface area contributed by atoms with Crippen LogP contribution < -0.4 is 0 Å². The smallest absolute Gasteiger partial charge is 0.317 e. The van der Waals surface area contributed by atoms with Gasteiger partial charge in [0.05, 0.1) is 18.8 Å². The molecule has 1 aliphatic rings. The molecule has 2 heterocycles. The van der Waals surface area contributed by atoms with Crippen molar-refractivity contribution >= 4 is 17.3 Å². The first-order chi connectivity index (χ1) is 8.86. The molecular weight excluding hydrogens is 264 g/mol. The van der Waals surface area contributed by atoms with Crippen molar-refractivity contribution < 1.29 is 14.6 Å². The second-order valence-corrected chi connectivity index (χ2v) is 6.70. The molecule has 106 valence electrons. The van der Waals surface area contributed by atoms with Gasteiger partial charge in [0, 0.05) is 23.9 Å². The van der Waals surface area contributed by atoms with Crippen LogP contribution >= 0.6 is 11.3 Å². The van der Waals surface area contributed by atoms with E-state index in [9.17, 15) is 4.79 Å². The van der Waals surface area contributed by atoms with Crippen LogP contribution in [0.5, 0.6) is 0 Å². The van der Waals surface area contributed by atoms with E-state index in [4.69, 9.17) is 9.84 Å². The number of thiazole rings is 1. The van der Waals surface area contributed by atoms with E-state index in [1.165, 1.54) is 0 Å². The molecule has 1 aromatic heterocycles. The van der Waals surface area contributed by atoms with E-state index in [0.717, 1.165) is 10.7 Å². The third-order valence-electron chi connectivity index (χ3n) is 3.08. The highest BCUT2D eigenvalue weighted by Gasteiger charge is 2.27. The molecule has 1 atom stereocenters. The highest BCUT2D eigenvalue weighted by Crippen LogP contribution is 2.29. The van der Waals surface area contributed by atoms with Gasteiger partial charge in [-0.3, -0.25) is 9.69 Å². The summed E-state index contributed by atoms with van der Waals surface area (Å²) in [6.45, 7) is 8.28. The molecule has 0 unspecified atom stereocenters. The SMILES string of the molecule is CC(C)(C)c1csc([C@@H]2CN(CC(=O)O)CCO2)n1. The molecule has 1 saturated heterocycles. The van der Waals surface area contributed by atoms with Crippen molar-refractivity contribution in [2.45, 2.75) is 32.3 Å². The van der Waals surface area contributed by atoms with Gasteiger partial charge in [0.1, 0.15) is 11.1 Å². The largest absolute Gasteiger partial charge is 0.480 e. The van der Waals surface area contributed by atoms with E-state index >= 15 is 0 Å². The van der Waals surface area contributed by atoms with Gasteiger partial charge < -0.3 is 9.84 Å². The van der Waals surface area contributed by atoms with Crippen LogP contribution in [0.4, 0.5) is 0 Å². The van der Waals surface area contributed by atoms with Gasteiger partial charge in [-0.25, -0.2) is 4.98 Å². The van der Waals surface area contributed by atoms with E-state index in [0.29, 0.717) is 19.7 Å². The summed E-state index contributed by atoms with van der Waals surface area (Å²) in [6.07, 6.45) is -0.103. The van der Waals surface area contributed by atoms with Crippen LogP contribution in [0.25, 0.3) is 0 Å². The first-order valence-corrected chi connectivity index (χ1v) is 7.26. The Bertz CT molecular complexity index is 453. The van der Waals surface area contributed by atoms with Crippen LogP contribution in [0.3, 0.4) is 0 Å². The molecule has 0 aromatic carbocycles. The van der Waals surface area contributed by atoms with Crippen molar-refractivity contribution in [3.05, 3.63) is 16.1 Å². The van der Waals surface area contributed by atoms with E-state index in [2.05, 4.69) is 31.1 Å². The minimum Gasteiger partial charge on any atom is -0.480 e. The van der Waals surface area contributed by atoms with Gasteiger partial charge in [-0.1, -0.05) is 20.8 Å². The molecule has 19 heavy (non-hydrogen) atoms. The molecule has 6 heteroatoms. The Morgan fingerprint density at radius 1 is 1.63 bits per heavy atom. The summed E-state index contributed by atoms with van der Waals surface area (Å²) < 4.78 is 5.72. The summed E-state index contributed by atoms with van der Waals surface area (Å²) >= 11 is 1.59. The van der Waals surface area contributed by atoms with Crippen LogP contribution in [0.2, 0.25) is 0 Å². The molecule has 0 amide bonds. The normalized spacial score (nSPS) is 21.5. The maximum Gasteiger partial charge on any atom is 0.317 e. The molecule has 5 nitrogen and oxygen atoms in total. The number of nitrogens with zero attached hydrogens (tertiary/aromatic N) is 2. The average molecular weight is 284 g/mol. The number of carboxylic acid groups (broad SMARTS) is 1. The molecule has 0 spiro atoms.